The lowest BCUT2D eigenvalue weighted by atomic mass is 9.78. The summed E-state index contributed by atoms with van der Waals surface area (Å²) < 4.78 is 2.43. The van der Waals surface area contributed by atoms with Gasteiger partial charge in [-0.2, -0.15) is 0 Å². The fourth-order valence-corrected chi connectivity index (χ4v) is 11.5. The second-order valence-corrected chi connectivity index (χ2v) is 22.2. The molecule has 0 radical (unpaired) electrons. The Morgan fingerprint density at radius 1 is 0.394 bits per heavy atom. The predicted octanol–water partition coefficient (Wildman–Crippen LogP) is 19.3. The van der Waals surface area contributed by atoms with Gasteiger partial charge in [0.25, 0.3) is 0 Å². The van der Waals surface area contributed by atoms with Crippen LogP contribution in [-0.2, 0) is 16.2 Å². The van der Waals surface area contributed by atoms with Gasteiger partial charge in [0.1, 0.15) is 0 Å². The average Bonchev–Trinajstić information content (AvgIpc) is 3.84. The van der Waals surface area contributed by atoms with Gasteiger partial charge in [0.2, 0.25) is 0 Å². The Balaban J connectivity index is 1.07. The van der Waals surface area contributed by atoms with Crippen molar-refractivity contribution >= 4 is 49.6 Å². The number of anilines is 3. The van der Waals surface area contributed by atoms with Crippen molar-refractivity contribution in [3.8, 4) is 50.2 Å². The zero-order valence-corrected chi connectivity index (χ0v) is 42.2. The molecule has 0 saturated carbocycles. The van der Waals surface area contributed by atoms with E-state index in [0.29, 0.717) is 0 Å². The molecule has 1 aliphatic rings. The molecule has 346 valence electrons. The molecule has 1 aromatic heterocycles. The number of hydrogen-bond donors (Lipinski definition) is 0. The van der Waals surface area contributed by atoms with E-state index in [9.17, 15) is 0 Å². The van der Waals surface area contributed by atoms with Crippen molar-refractivity contribution in [2.75, 3.05) is 4.90 Å². The highest BCUT2D eigenvalue weighted by Crippen LogP contribution is 2.52. The second-order valence-electron chi connectivity index (χ2n) is 22.2. The van der Waals surface area contributed by atoms with E-state index < -0.39 is 0 Å². The minimum Gasteiger partial charge on any atom is -0.310 e. The summed E-state index contributed by atoms with van der Waals surface area (Å²) in [4.78, 5) is 2.50. The number of nitrogens with zero attached hydrogens (tertiary/aromatic N) is 2. The van der Waals surface area contributed by atoms with Crippen molar-refractivity contribution in [3.05, 3.63) is 241 Å². The Morgan fingerprint density at radius 3 is 1.69 bits per heavy atom. The predicted molar refractivity (Wildman–Crippen MR) is 304 cm³/mol. The molecule has 71 heavy (non-hydrogen) atoms. The van der Waals surface area contributed by atoms with E-state index in [4.69, 9.17) is 0 Å². The Bertz CT molecular complexity index is 3810. The molecule has 0 saturated heterocycles. The zero-order chi connectivity index (χ0) is 48.8. The fourth-order valence-electron chi connectivity index (χ4n) is 11.5. The Hall–Kier alpha value is -7.94. The maximum absolute atomic E-state index is 2.50. The fraction of sp³-hybridized carbons (Fsp3) is 0.159. The van der Waals surface area contributed by atoms with Gasteiger partial charge in [-0.1, -0.05) is 225 Å². The minimum absolute atomic E-state index is 0.00923. The maximum atomic E-state index is 2.50. The lowest BCUT2D eigenvalue weighted by Crippen LogP contribution is -2.17. The van der Waals surface area contributed by atoms with E-state index in [-0.39, 0.29) is 16.2 Å². The van der Waals surface area contributed by atoms with Gasteiger partial charge in [-0.05, 0) is 126 Å². The summed E-state index contributed by atoms with van der Waals surface area (Å²) in [6.07, 6.45) is 0. The van der Waals surface area contributed by atoms with Crippen LogP contribution in [0.3, 0.4) is 0 Å². The van der Waals surface area contributed by atoms with Crippen LogP contribution in [0, 0.1) is 0 Å². The average molecular weight is 917 g/mol. The number of rotatable bonds is 7. The SMILES string of the molecule is CC(C)(C)c1cc(-c2cccc3cccc(-c4ccccc4N(c4ccc(-c5cccc6c7ccccc7n(-c7ccccc7)c56)cc4)c4ccc5c(c4)C(C)(C)c4ccccc4-5)c23)cc(C(C)(C)C)c1. The van der Waals surface area contributed by atoms with E-state index in [2.05, 4.69) is 283 Å². The van der Waals surface area contributed by atoms with Crippen LogP contribution in [-0.4, -0.2) is 4.57 Å². The zero-order valence-electron chi connectivity index (χ0n) is 42.2. The number of fused-ring (bicyclic) bond motifs is 7. The standard InChI is InChI=1S/C69H60N2/c1-67(2,3)48-41-47(42-49(43-48)68(4,5)6)53-28-18-21-46-22-19-30-59(65(46)53)57-26-13-16-33-63(57)70(52-39-40-56-55-25-12-15-32-61(55)69(7,8)62(56)44-52)51-37-35-45(36-38-51)54-29-20-31-60-58-27-14-17-34-64(58)71(66(54)60)50-23-10-9-11-24-50/h9-44H,1-8H3. The molecular formula is C69H60N2. The monoisotopic (exact) mass is 916 g/mol. The molecule has 0 aliphatic heterocycles. The molecule has 2 nitrogen and oxygen atoms in total. The van der Waals surface area contributed by atoms with Crippen LogP contribution < -0.4 is 4.90 Å². The van der Waals surface area contributed by atoms with Gasteiger partial charge in [0, 0.05) is 44.4 Å². The molecule has 2 heteroatoms. The highest BCUT2D eigenvalue weighted by atomic mass is 15.1. The first kappa shape index (κ1) is 44.3. The summed E-state index contributed by atoms with van der Waals surface area (Å²) in [5, 5.41) is 4.99. The third-order valence-electron chi connectivity index (χ3n) is 15.3. The molecule has 1 aliphatic carbocycles. The lowest BCUT2D eigenvalue weighted by molar-refractivity contribution is 0.569. The lowest BCUT2D eigenvalue weighted by Gasteiger charge is -2.30. The third kappa shape index (κ3) is 7.39. The van der Waals surface area contributed by atoms with Gasteiger partial charge >= 0.3 is 0 Å². The quantitative estimate of drug-likeness (QED) is 0.155. The Kier molecular flexibility index (Phi) is 10.4. The second kappa shape index (κ2) is 16.6. The number of aromatic nitrogens is 1. The summed E-state index contributed by atoms with van der Waals surface area (Å²) >= 11 is 0. The van der Waals surface area contributed by atoms with E-state index in [0.717, 1.165) is 22.7 Å². The molecule has 11 aromatic rings. The number of para-hydroxylation sites is 4. The molecule has 0 spiro atoms. The van der Waals surface area contributed by atoms with Gasteiger partial charge in [-0.3, -0.25) is 0 Å². The van der Waals surface area contributed by atoms with Crippen LogP contribution in [0.15, 0.2) is 218 Å². The van der Waals surface area contributed by atoms with E-state index in [1.807, 2.05) is 0 Å². The van der Waals surface area contributed by atoms with Crippen molar-refractivity contribution < 1.29 is 0 Å². The summed E-state index contributed by atoms with van der Waals surface area (Å²) in [5.74, 6) is 0. The van der Waals surface area contributed by atoms with E-state index >= 15 is 0 Å². The van der Waals surface area contributed by atoms with Gasteiger partial charge in [0.05, 0.1) is 16.7 Å². The van der Waals surface area contributed by atoms with Crippen molar-refractivity contribution in [1.82, 2.24) is 4.57 Å². The molecule has 10 aromatic carbocycles. The van der Waals surface area contributed by atoms with Crippen LogP contribution in [0.1, 0.15) is 77.6 Å². The molecule has 0 N–H and O–H groups in total. The van der Waals surface area contributed by atoms with Gasteiger partial charge in [-0.25, -0.2) is 0 Å². The minimum atomic E-state index is -0.162. The first-order valence-electron chi connectivity index (χ1n) is 25.3. The van der Waals surface area contributed by atoms with Crippen molar-refractivity contribution in [1.29, 1.82) is 0 Å². The van der Waals surface area contributed by atoms with Gasteiger partial charge in [0.15, 0.2) is 0 Å². The van der Waals surface area contributed by atoms with Crippen LogP contribution in [0.5, 0.6) is 0 Å². The molecule has 0 amide bonds. The van der Waals surface area contributed by atoms with Crippen molar-refractivity contribution in [2.24, 2.45) is 0 Å². The molecule has 12 rings (SSSR count). The Labute approximate surface area is 419 Å². The highest BCUT2D eigenvalue weighted by molar-refractivity contribution is 6.14. The van der Waals surface area contributed by atoms with Crippen LogP contribution in [0.2, 0.25) is 0 Å². The van der Waals surface area contributed by atoms with Gasteiger partial charge < -0.3 is 9.47 Å². The molecule has 0 fully saturated rings. The first-order chi connectivity index (χ1) is 34.3. The summed E-state index contributed by atoms with van der Waals surface area (Å²) in [7, 11) is 0. The van der Waals surface area contributed by atoms with E-state index in [1.165, 1.54) is 99.3 Å². The van der Waals surface area contributed by atoms with Crippen LogP contribution in [0.4, 0.5) is 17.1 Å². The topological polar surface area (TPSA) is 8.17 Å². The van der Waals surface area contributed by atoms with Crippen molar-refractivity contribution in [3.63, 3.8) is 0 Å². The normalized spacial score (nSPS) is 13.2. The summed E-state index contributed by atoms with van der Waals surface area (Å²) in [6, 6.07) is 81.7. The molecule has 0 unspecified atom stereocenters. The third-order valence-corrected chi connectivity index (χ3v) is 15.3. The Morgan fingerprint density at radius 2 is 0.958 bits per heavy atom. The maximum Gasteiger partial charge on any atom is 0.0619 e. The van der Waals surface area contributed by atoms with E-state index in [1.54, 1.807) is 0 Å². The highest BCUT2D eigenvalue weighted by Gasteiger charge is 2.36. The largest absolute Gasteiger partial charge is 0.310 e. The summed E-state index contributed by atoms with van der Waals surface area (Å²) in [6.45, 7) is 18.7. The molecule has 0 bridgehead atoms. The van der Waals surface area contributed by atoms with Gasteiger partial charge in [-0.15, -0.1) is 0 Å². The smallest absolute Gasteiger partial charge is 0.0619 e. The number of benzene rings is 10. The molecule has 0 atom stereocenters. The summed E-state index contributed by atoms with van der Waals surface area (Å²) in [5.41, 5.74) is 22.1. The van der Waals surface area contributed by atoms with Crippen molar-refractivity contribution in [2.45, 2.75) is 71.6 Å². The molecule has 1 heterocycles. The number of hydrogen-bond acceptors (Lipinski definition) is 1. The van der Waals surface area contributed by atoms with Crippen LogP contribution in [0.25, 0.3) is 82.8 Å². The molecular weight excluding hydrogens is 857 g/mol. The van der Waals surface area contributed by atoms with Crippen LogP contribution >= 0.6 is 0 Å². The first-order valence-corrected chi connectivity index (χ1v) is 25.3.